The molecule has 24 heavy (non-hydrogen) atoms. The highest BCUT2D eigenvalue weighted by atomic mass is 16.2. The van der Waals surface area contributed by atoms with E-state index in [4.69, 9.17) is 0 Å². The minimum Gasteiger partial charge on any atom is -0.307 e. The number of nitrogens with zero attached hydrogens (tertiary/aromatic N) is 1. The van der Waals surface area contributed by atoms with E-state index >= 15 is 0 Å². The fourth-order valence-corrected chi connectivity index (χ4v) is 2.54. The number of anilines is 3. The second-order valence-electron chi connectivity index (χ2n) is 5.49. The second-order valence-corrected chi connectivity index (χ2v) is 5.49. The van der Waals surface area contributed by atoms with Gasteiger partial charge in [0.05, 0.1) is 11.4 Å². The molecule has 3 nitrogen and oxygen atoms in total. The lowest BCUT2D eigenvalue weighted by Gasteiger charge is -2.23. The molecular formula is C21H20N2O. The number of urea groups is 1. The van der Waals surface area contributed by atoms with Gasteiger partial charge in [-0.15, -0.1) is 0 Å². The van der Waals surface area contributed by atoms with Crippen LogP contribution in [0.25, 0.3) is 0 Å². The maximum absolute atomic E-state index is 12.9. The van der Waals surface area contributed by atoms with Gasteiger partial charge < -0.3 is 5.32 Å². The van der Waals surface area contributed by atoms with E-state index in [2.05, 4.69) is 12.2 Å². The quantitative estimate of drug-likeness (QED) is 0.665. The van der Waals surface area contributed by atoms with E-state index in [0.29, 0.717) is 0 Å². The molecule has 0 saturated carbocycles. The summed E-state index contributed by atoms with van der Waals surface area (Å²) in [7, 11) is 0. The Morgan fingerprint density at radius 3 is 1.75 bits per heavy atom. The first kappa shape index (κ1) is 15.8. The van der Waals surface area contributed by atoms with E-state index in [1.807, 2.05) is 84.9 Å². The number of hydrogen-bond acceptors (Lipinski definition) is 1. The molecule has 0 aromatic heterocycles. The molecule has 0 aliphatic heterocycles. The number of benzene rings is 3. The SMILES string of the molecule is CCc1ccc(NC(=O)N(c2ccccc2)c2ccccc2)cc1. The van der Waals surface area contributed by atoms with Crippen molar-refractivity contribution in [3.05, 3.63) is 90.5 Å². The molecule has 0 radical (unpaired) electrons. The molecule has 1 N–H and O–H groups in total. The molecule has 3 aromatic carbocycles. The summed E-state index contributed by atoms with van der Waals surface area (Å²) in [4.78, 5) is 14.6. The van der Waals surface area contributed by atoms with Gasteiger partial charge in [0.2, 0.25) is 0 Å². The van der Waals surface area contributed by atoms with Gasteiger partial charge in [-0.2, -0.15) is 0 Å². The van der Waals surface area contributed by atoms with Crippen LogP contribution in [-0.2, 0) is 6.42 Å². The van der Waals surface area contributed by atoms with Crippen LogP contribution >= 0.6 is 0 Å². The summed E-state index contributed by atoms with van der Waals surface area (Å²) >= 11 is 0. The number of aryl methyl sites for hydroxylation is 1. The van der Waals surface area contributed by atoms with Crippen LogP contribution in [0.5, 0.6) is 0 Å². The first-order valence-electron chi connectivity index (χ1n) is 8.08. The van der Waals surface area contributed by atoms with Gasteiger partial charge in [0.25, 0.3) is 0 Å². The second kappa shape index (κ2) is 7.47. The summed E-state index contributed by atoms with van der Waals surface area (Å²) < 4.78 is 0. The first-order valence-corrected chi connectivity index (χ1v) is 8.08. The van der Waals surface area contributed by atoms with Crippen molar-refractivity contribution in [2.75, 3.05) is 10.2 Å². The van der Waals surface area contributed by atoms with Crippen LogP contribution in [0.3, 0.4) is 0 Å². The van der Waals surface area contributed by atoms with Gasteiger partial charge in [-0.25, -0.2) is 4.79 Å². The lowest BCUT2D eigenvalue weighted by molar-refractivity contribution is 0.259. The van der Waals surface area contributed by atoms with Crippen molar-refractivity contribution in [1.82, 2.24) is 0 Å². The van der Waals surface area contributed by atoms with Crippen molar-refractivity contribution in [2.24, 2.45) is 0 Å². The highest BCUT2D eigenvalue weighted by molar-refractivity contribution is 6.07. The predicted molar refractivity (Wildman–Crippen MR) is 99.9 cm³/mol. The molecule has 2 amide bonds. The minimum absolute atomic E-state index is 0.184. The zero-order valence-corrected chi connectivity index (χ0v) is 13.6. The number of amides is 2. The van der Waals surface area contributed by atoms with Crippen LogP contribution in [-0.4, -0.2) is 6.03 Å². The van der Waals surface area contributed by atoms with E-state index < -0.39 is 0 Å². The molecule has 3 heteroatoms. The summed E-state index contributed by atoms with van der Waals surface area (Å²) in [6.45, 7) is 2.11. The van der Waals surface area contributed by atoms with E-state index in [-0.39, 0.29) is 6.03 Å². The Morgan fingerprint density at radius 1 is 0.792 bits per heavy atom. The summed E-state index contributed by atoms with van der Waals surface area (Å²) in [6, 6.07) is 27.0. The van der Waals surface area contributed by atoms with Crippen molar-refractivity contribution < 1.29 is 4.79 Å². The number of carbonyl (C=O) groups is 1. The highest BCUT2D eigenvalue weighted by Crippen LogP contribution is 2.26. The predicted octanol–water partition coefficient (Wildman–Crippen LogP) is 5.62. The van der Waals surface area contributed by atoms with Crippen molar-refractivity contribution in [2.45, 2.75) is 13.3 Å². The maximum Gasteiger partial charge on any atom is 0.330 e. The Kier molecular flexibility index (Phi) is 4.92. The molecule has 120 valence electrons. The highest BCUT2D eigenvalue weighted by Gasteiger charge is 2.17. The van der Waals surface area contributed by atoms with Crippen LogP contribution in [0, 0.1) is 0 Å². The van der Waals surface area contributed by atoms with E-state index in [9.17, 15) is 4.79 Å². The Hall–Kier alpha value is -3.07. The van der Waals surface area contributed by atoms with Gasteiger partial charge in [0.15, 0.2) is 0 Å². The van der Waals surface area contributed by atoms with Gasteiger partial charge >= 0.3 is 6.03 Å². The Bertz CT molecular complexity index is 744. The topological polar surface area (TPSA) is 32.3 Å². The molecule has 0 spiro atoms. The summed E-state index contributed by atoms with van der Waals surface area (Å²) in [5, 5.41) is 2.98. The fourth-order valence-electron chi connectivity index (χ4n) is 2.54. The molecular weight excluding hydrogens is 296 g/mol. The summed E-state index contributed by atoms with van der Waals surface area (Å²) in [5.41, 5.74) is 3.68. The lowest BCUT2D eigenvalue weighted by atomic mass is 10.1. The van der Waals surface area contributed by atoms with Crippen molar-refractivity contribution in [3.8, 4) is 0 Å². The average Bonchev–Trinajstić information content (AvgIpc) is 2.64. The average molecular weight is 316 g/mol. The zero-order valence-electron chi connectivity index (χ0n) is 13.6. The van der Waals surface area contributed by atoms with Crippen molar-refractivity contribution >= 4 is 23.1 Å². The minimum atomic E-state index is -0.184. The molecule has 0 aliphatic rings. The third-order valence-electron chi connectivity index (χ3n) is 3.85. The van der Waals surface area contributed by atoms with Crippen LogP contribution in [0.2, 0.25) is 0 Å². The van der Waals surface area contributed by atoms with Crippen LogP contribution in [0.4, 0.5) is 21.9 Å². The van der Waals surface area contributed by atoms with Gasteiger partial charge in [-0.3, -0.25) is 4.90 Å². The number of carbonyl (C=O) groups excluding carboxylic acids is 1. The normalized spacial score (nSPS) is 10.2. The third kappa shape index (κ3) is 3.63. The number of hydrogen-bond donors (Lipinski definition) is 1. The Balaban J connectivity index is 1.89. The Morgan fingerprint density at radius 2 is 1.29 bits per heavy atom. The van der Waals surface area contributed by atoms with Gasteiger partial charge in [0.1, 0.15) is 0 Å². The van der Waals surface area contributed by atoms with Gasteiger partial charge in [-0.05, 0) is 48.4 Å². The molecule has 0 saturated heterocycles. The number of rotatable bonds is 4. The lowest BCUT2D eigenvalue weighted by Crippen LogP contribution is -2.30. The largest absolute Gasteiger partial charge is 0.330 e. The number of nitrogens with one attached hydrogen (secondary N) is 1. The molecule has 0 fully saturated rings. The van der Waals surface area contributed by atoms with Crippen molar-refractivity contribution in [3.63, 3.8) is 0 Å². The van der Waals surface area contributed by atoms with Gasteiger partial charge in [0, 0.05) is 5.69 Å². The molecule has 0 unspecified atom stereocenters. The number of para-hydroxylation sites is 2. The van der Waals surface area contributed by atoms with Crippen LogP contribution in [0.1, 0.15) is 12.5 Å². The molecule has 3 aromatic rings. The van der Waals surface area contributed by atoms with Crippen molar-refractivity contribution in [1.29, 1.82) is 0 Å². The Labute approximate surface area is 142 Å². The fraction of sp³-hybridized carbons (Fsp3) is 0.0952. The molecule has 0 atom stereocenters. The van der Waals surface area contributed by atoms with Gasteiger partial charge in [-0.1, -0.05) is 55.5 Å². The zero-order chi connectivity index (χ0) is 16.8. The molecule has 0 bridgehead atoms. The summed E-state index contributed by atoms with van der Waals surface area (Å²) in [5.74, 6) is 0. The molecule has 0 aliphatic carbocycles. The standard InChI is InChI=1S/C21H20N2O/c1-2-17-13-15-18(16-14-17)22-21(24)23(19-9-5-3-6-10-19)20-11-7-4-8-12-20/h3-16H,2H2,1H3,(H,22,24). The van der Waals surface area contributed by atoms with E-state index in [1.54, 1.807) is 4.90 Å². The smallest absolute Gasteiger partial charge is 0.307 e. The third-order valence-corrected chi connectivity index (χ3v) is 3.85. The van der Waals surface area contributed by atoms with E-state index in [0.717, 1.165) is 23.5 Å². The monoisotopic (exact) mass is 316 g/mol. The summed E-state index contributed by atoms with van der Waals surface area (Å²) in [6.07, 6.45) is 0.981. The first-order chi connectivity index (χ1) is 11.8. The van der Waals surface area contributed by atoms with Crippen LogP contribution in [0.15, 0.2) is 84.9 Å². The molecule has 3 rings (SSSR count). The van der Waals surface area contributed by atoms with Crippen LogP contribution < -0.4 is 10.2 Å². The maximum atomic E-state index is 12.9. The van der Waals surface area contributed by atoms with E-state index in [1.165, 1.54) is 5.56 Å². The molecule has 0 heterocycles.